The zero-order valence-electron chi connectivity index (χ0n) is 15.4. The molecule has 2 aromatic carbocycles. The Labute approximate surface area is 161 Å². The molecular formula is C20H27N3S2. The second-order valence-electron chi connectivity index (χ2n) is 6.41. The lowest BCUT2D eigenvalue weighted by Crippen LogP contribution is -2.30. The predicted molar refractivity (Wildman–Crippen MR) is 114 cm³/mol. The minimum Gasteiger partial charge on any atom is -0.362 e. The third kappa shape index (κ3) is 7.06. The number of aryl methyl sites for hydroxylation is 2. The summed E-state index contributed by atoms with van der Waals surface area (Å²) < 4.78 is 0. The lowest BCUT2D eigenvalue weighted by molar-refractivity contribution is 0.400. The molecule has 5 heteroatoms. The van der Waals surface area contributed by atoms with E-state index in [9.17, 15) is 0 Å². The van der Waals surface area contributed by atoms with Crippen LogP contribution in [0.15, 0.2) is 52.3 Å². The van der Waals surface area contributed by atoms with Crippen molar-refractivity contribution in [3.63, 3.8) is 0 Å². The molecule has 0 aliphatic rings. The van der Waals surface area contributed by atoms with Gasteiger partial charge in [0.2, 0.25) is 0 Å². The van der Waals surface area contributed by atoms with Gasteiger partial charge in [-0.1, -0.05) is 17.8 Å². The maximum absolute atomic E-state index is 5.34. The summed E-state index contributed by atoms with van der Waals surface area (Å²) in [4.78, 5) is 4.66. The molecule has 0 aliphatic heterocycles. The highest BCUT2D eigenvalue weighted by Crippen LogP contribution is 2.29. The molecule has 0 aromatic heterocycles. The van der Waals surface area contributed by atoms with Crippen molar-refractivity contribution in [3.8, 4) is 0 Å². The molecular weight excluding hydrogens is 346 g/mol. The van der Waals surface area contributed by atoms with Gasteiger partial charge in [-0.3, -0.25) is 0 Å². The van der Waals surface area contributed by atoms with Crippen molar-refractivity contribution in [1.29, 1.82) is 0 Å². The van der Waals surface area contributed by atoms with Crippen LogP contribution >= 0.6 is 24.0 Å². The Morgan fingerprint density at radius 1 is 1.00 bits per heavy atom. The van der Waals surface area contributed by atoms with Gasteiger partial charge >= 0.3 is 0 Å². The van der Waals surface area contributed by atoms with Crippen LogP contribution in [0.5, 0.6) is 0 Å². The molecule has 0 spiro atoms. The van der Waals surface area contributed by atoms with E-state index in [1.54, 1.807) is 11.8 Å². The third-order valence-corrected chi connectivity index (χ3v) is 5.14. The molecule has 0 heterocycles. The number of rotatable bonds is 7. The SMILES string of the molecule is Cc1ccc(Sc2ccc(NC(=S)NCCCN(C)C)cc2)cc1C. The van der Waals surface area contributed by atoms with E-state index in [0.29, 0.717) is 5.11 Å². The molecule has 0 unspecified atom stereocenters. The van der Waals surface area contributed by atoms with Crippen LogP contribution in [0.3, 0.4) is 0 Å². The van der Waals surface area contributed by atoms with Crippen LogP contribution in [0.4, 0.5) is 5.69 Å². The van der Waals surface area contributed by atoms with Crippen LogP contribution < -0.4 is 10.6 Å². The van der Waals surface area contributed by atoms with E-state index in [2.05, 4.69) is 85.9 Å². The average molecular weight is 374 g/mol. The maximum atomic E-state index is 5.34. The highest BCUT2D eigenvalue weighted by Gasteiger charge is 2.02. The number of nitrogens with zero attached hydrogens (tertiary/aromatic N) is 1. The quantitative estimate of drug-likeness (QED) is 0.542. The fourth-order valence-electron chi connectivity index (χ4n) is 2.29. The van der Waals surface area contributed by atoms with E-state index >= 15 is 0 Å². The van der Waals surface area contributed by atoms with Crippen molar-refractivity contribution >= 4 is 34.8 Å². The van der Waals surface area contributed by atoms with Crippen molar-refractivity contribution in [1.82, 2.24) is 10.2 Å². The van der Waals surface area contributed by atoms with Crippen LogP contribution in [0.25, 0.3) is 0 Å². The summed E-state index contributed by atoms with van der Waals surface area (Å²) in [5, 5.41) is 7.15. The number of hydrogen-bond donors (Lipinski definition) is 2. The maximum Gasteiger partial charge on any atom is 0.170 e. The molecule has 3 nitrogen and oxygen atoms in total. The molecule has 0 saturated heterocycles. The predicted octanol–water partition coefficient (Wildman–Crippen LogP) is 4.69. The molecule has 0 bridgehead atoms. The summed E-state index contributed by atoms with van der Waals surface area (Å²) in [7, 11) is 4.15. The van der Waals surface area contributed by atoms with Gasteiger partial charge in [0.1, 0.15) is 0 Å². The first kappa shape index (κ1) is 19.8. The smallest absolute Gasteiger partial charge is 0.170 e. The molecule has 134 valence electrons. The monoisotopic (exact) mass is 373 g/mol. The summed E-state index contributed by atoms with van der Waals surface area (Å²) in [6.45, 7) is 6.23. The normalized spacial score (nSPS) is 10.8. The van der Waals surface area contributed by atoms with Gasteiger partial charge in [0.15, 0.2) is 5.11 Å². The molecule has 2 rings (SSSR count). The summed E-state index contributed by atoms with van der Waals surface area (Å²) in [5.74, 6) is 0. The van der Waals surface area contributed by atoms with E-state index in [0.717, 1.165) is 25.2 Å². The van der Waals surface area contributed by atoms with Gasteiger partial charge in [-0.25, -0.2) is 0 Å². The van der Waals surface area contributed by atoms with Gasteiger partial charge in [0, 0.05) is 22.0 Å². The Balaban J connectivity index is 1.82. The minimum atomic E-state index is 0.674. The average Bonchev–Trinajstić information content (AvgIpc) is 2.57. The molecule has 0 saturated carbocycles. The first-order chi connectivity index (χ1) is 11.9. The van der Waals surface area contributed by atoms with E-state index < -0.39 is 0 Å². The Hall–Kier alpha value is -1.56. The second kappa shape index (κ2) is 9.80. The highest BCUT2D eigenvalue weighted by molar-refractivity contribution is 7.99. The van der Waals surface area contributed by atoms with Gasteiger partial charge in [0.25, 0.3) is 0 Å². The van der Waals surface area contributed by atoms with Crippen molar-refractivity contribution in [3.05, 3.63) is 53.6 Å². The fraction of sp³-hybridized carbons (Fsp3) is 0.350. The van der Waals surface area contributed by atoms with E-state index in [1.165, 1.54) is 20.9 Å². The lowest BCUT2D eigenvalue weighted by atomic mass is 10.1. The second-order valence-corrected chi connectivity index (χ2v) is 7.97. The van der Waals surface area contributed by atoms with Crippen molar-refractivity contribution in [2.45, 2.75) is 30.1 Å². The zero-order chi connectivity index (χ0) is 18.2. The summed E-state index contributed by atoms with van der Waals surface area (Å²) >= 11 is 7.12. The Bertz CT molecular complexity index is 697. The zero-order valence-corrected chi connectivity index (χ0v) is 17.1. The van der Waals surface area contributed by atoms with Crippen molar-refractivity contribution < 1.29 is 0 Å². The number of thiocarbonyl (C=S) groups is 1. The number of anilines is 1. The largest absolute Gasteiger partial charge is 0.362 e. The molecule has 0 atom stereocenters. The Morgan fingerprint density at radius 2 is 1.68 bits per heavy atom. The van der Waals surface area contributed by atoms with Gasteiger partial charge in [0.05, 0.1) is 0 Å². The molecule has 2 aromatic rings. The summed E-state index contributed by atoms with van der Waals surface area (Å²) in [6.07, 6.45) is 1.07. The van der Waals surface area contributed by atoms with Crippen LogP contribution in [0.2, 0.25) is 0 Å². The summed E-state index contributed by atoms with van der Waals surface area (Å²) in [5.41, 5.74) is 3.67. The van der Waals surface area contributed by atoms with E-state index in [-0.39, 0.29) is 0 Å². The van der Waals surface area contributed by atoms with Crippen LogP contribution in [-0.4, -0.2) is 37.2 Å². The van der Waals surface area contributed by atoms with Crippen molar-refractivity contribution in [2.75, 3.05) is 32.5 Å². The topological polar surface area (TPSA) is 27.3 Å². The molecule has 0 radical (unpaired) electrons. The molecule has 0 fully saturated rings. The van der Waals surface area contributed by atoms with Gasteiger partial charge in [-0.05, 0) is 101 Å². The molecule has 0 aliphatic carbocycles. The van der Waals surface area contributed by atoms with Crippen LogP contribution in [0, 0.1) is 13.8 Å². The van der Waals surface area contributed by atoms with Gasteiger partial charge < -0.3 is 15.5 Å². The molecule has 0 amide bonds. The van der Waals surface area contributed by atoms with E-state index in [1.807, 2.05) is 0 Å². The molecule has 25 heavy (non-hydrogen) atoms. The van der Waals surface area contributed by atoms with Crippen LogP contribution in [0.1, 0.15) is 17.5 Å². The van der Waals surface area contributed by atoms with Gasteiger partial charge in [-0.2, -0.15) is 0 Å². The van der Waals surface area contributed by atoms with Crippen LogP contribution in [-0.2, 0) is 0 Å². The minimum absolute atomic E-state index is 0.674. The number of benzene rings is 2. The Morgan fingerprint density at radius 3 is 2.32 bits per heavy atom. The standard InChI is InChI=1S/C20H27N3S2/c1-15-6-9-19(14-16(15)2)25-18-10-7-17(8-11-18)22-20(24)21-12-5-13-23(3)4/h6-11,14H,5,12-13H2,1-4H3,(H2,21,22,24). The number of hydrogen-bond acceptors (Lipinski definition) is 3. The van der Waals surface area contributed by atoms with Crippen molar-refractivity contribution in [2.24, 2.45) is 0 Å². The fourth-order valence-corrected chi connectivity index (χ4v) is 3.43. The van der Waals surface area contributed by atoms with E-state index in [4.69, 9.17) is 12.2 Å². The lowest BCUT2D eigenvalue weighted by Gasteiger charge is -2.13. The number of nitrogens with one attached hydrogen (secondary N) is 2. The van der Waals surface area contributed by atoms with Gasteiger partial charge in [-0.15, -0.1) is 0 Å². The Kier molecular flexibility index (Phi) is 7.75. The first-order valence-corrected chi connectivity index (χ1v) is 9.71. The summed E-state index contributed by atoms with van der Waals surface area (Å²) in [6, 6.07) is 15.0. The first-order valence-electron chi connectivity index (χ1n) is 8.49. The molecule has 2 N–H and O–H groups in total. The third-order valence-electron chi connectivity index (χ3n) is 3.89. The highest BCUT2D eigenvalue weighted by atomic mass is 32.2.